The van der Waals surface area contributed by atoms with Crippen molar-refractivity contribution in [3.05, 3.63) is 60.3 Å². The molecule has 2 aromatic carbocycles. The first-order valence-corrected chi connectivity index (χ1v) is 9.19. The van der Waals surface area contributed by atoms with Crippen LogP contribution in [0.15, 0.2) is 54.7 Å². The van der Waals surface area contributed by atoms with Crippen molar-refractivity contribution in [1.82, 2.24) is 15.3 Å². The third-order valence-corrected chi connectivity index (χ3v) is 4.58. The molecule has 7 heteroatoms. The van der Waals surface area contributed by atoms with Crippen LogP contribution in [0.5, 0.6) is 5.75 Å². The number of benzene rings is 2. The summed E-state index contributed by atoms with van der Waals surface area (Å²) in [5.41, 5.74) is 8.77. The molecule has 3 aromatic rings. The van der Waals surface area contributed by atoms with Gasteiger partial charge in [-0.2, -0.15) is 0 Å². The van der Waals surface area contributed by atoms with Gasteiger partial charge in [-0.25, -0.2) is 9.97 Å². The molecule has 1 aliphatic heterocycles. The molecule has 5 N–H and O–H groups in total. The van der Waals surface area contributed by atoms with E-state index in [2.05, 4.69) is 20.6 Å². The van der Waals surface area contributed by atoms with Crippen molar-refractivity contribution in [3.8, 4) is 17.1 Å². The number of nitrogens with two attached hydrogens (primary N) is 1. The zero-order valence-corrected chi connectivity index (χ0v) is 15.4. The molecule has 1 atom stereocenters. The van der Waals surface area contributed by atoms with Gasteiger partial charge in [0.2, 0.25) is 0 Å². The fourth-order valence-corrected chi connectivity index (χ4v) is 3.12. The van der Waals surface area contributed by atoms with E-state index in [9.17, 15) is 0 Å². The van der Waals surface area contributed by atoms with E-state index in [1.165, 1.54) is 6.21 Å². The van der Waals surface area contributed by atoms with Crippen LogP contribution in [-0.2, 0) is 0 Å². The molecule has 4 rings (SSSR count). The minimum absolute atomic E-state index is 0.206. The van der Waals surface area contributed by atoms with E-state index < -0.39 is 0 Å². The van der Waals surface area contributed by atoms with Crippen molar-refractivity contribution in [2.45, 2.75) is 12.5 Å². The Morgan fingerprint density at radius 3 is 2.96 bits per heavy atom. The Hall–Kier alpha value is -3.45. The second kappa shape index (κ2) is 8.06. The Balaban J connectivity index is 1.54. The summed E-state index contributed by atoms with van der Waals surface area (Å²) in [5.74, 6) is 2.10. The van der Waals surface area contributed by atoms with Gasteiger partial charge in [0.25, 0.3) is 0 Å². The van der Waals surface area contributed by atoms with Crippen molar-refractivity contribution in [2.75, 3.05) is 24.1 Å². The molecule has 0 radical (unpaired) electrons. The first-order chi connectivity index (χ1) is 13.7. The second-order valence-electron chi connectivity index (χ2n) is 6.64. The summed E-state index contributed by atoms with van der Waals surface area (Å²) in [5, 5.41) is 14.0. The lowest BCUT2D eigenvalue weighted by Gasteiger charge is -2.13. The van der Waals surface area contributed by atoms with Gasteiger partial charge in [0.15, 0.2) is 5.82 Å². The predicted molar refractivity (Wildman–Crippen MR) is 111 cm³/mol. The highest BCUT2D eigenvalue weighted by Gasteiger charge is 2.16. The van der Waals surface area contributed by atoms with Gasteiger partial charge in [-0.1, -0.05) is 12.1 Å². The van der Waals surface area contributed by atoms with Gasteiger partial charge in [-0.05, 0) is 49.4 Å². The van der Waals surface area contributed by atoms with E-state index in [1.54, 1.807) is 18.3 Å². The second-order valence-corrected chi connectivity index (χ2v) is 6.64. The highest BCUT2D eigenvalue weighted by molar-refractivity contribution is 5.87. The maximum absolute atomic E-state index is 7.43. The molecule has 0 spiro atoms. The van der Waals surface area contributed by atoms with E-state index in [0.717, 1.165) is 36.5 Å². The number of nitrogens with zero attached hydrogens (tertiary/aromatic N) is 2. The number of hydrogen-bond donors (Lipinski definition) is 4. The Labute approximate surface area is 163 Å². The van der Waals surface area contributed by atoms with Crippen LogP contribution in [0.2, 0.25) is 0 Å². The standard InChI is InChI=1S/C21H22N6O/c22-12-15-10-16(4-5-19(15)23)26-20-7-9-25-21(27-20)14-2-1-3-17(11-14)28-18-6-8-24-13-18/h1-5,7,9-12,18,22,24H,6,8,13,23H2,(H,25,26,27). The Morgan fingerprint density at radius 2 is 2.14 bits per heavy atom. The molecular formula is C21H22N6O. The molecule has 1 saturated heterocycles. The molecule has 1 aliphatic rings. The Kier molecular flexibility index (Phi) is 5.16. The average molecular weight is 374 g/mol. The van der Waals surface area contributed by atoms with Gasteiger partial charge in [-0.15, -0.1) is 0 Å². The molecule has 0 bridgehead atoms. The molecular weight excluding hydrogens is 352 g/mol. The number of nitrogen functional groups attached to an aromatic ring is 1. The summed E-state index contributed by atoms with van der Waals surface area (Å²) in [7, 11) is 0. The van der Waals surface area contributed by atoms with Crippen LogP contribution >= 0.6 is 0 Å². The molecule has 2 heterocycles. The Bertz CT molecular complexity index is 984. The van der Waals surface area contributed by atoms with E-state index in [0.29, 0.717) is 22.9 Å². The normalized spacial score (nSPS) is 15.9. The fraction of sp³-hybridized carbons (Fsp3) is 0.190. The van der Waals surface area contributed by atoms with E-state index in [1.807, 2.05) is 36.4 Å². The Morgan fingerprint density at radius 1 is 1.21 bits per heavy atom. The summed E-state index contributed by atoms with van der Waals surface area (Å²) >= 11 is 0. The van der Waals surface area contributed by atoms with Gasteiger partial charge in [0, 0.05) is 41.5 Å². The maximum Gasteiger partial charge on any atom is 0.161 e. The monoisotopic (exact) mass is 374 g/mol. The summed E-state index contributed by atoms with van der Waals surface area (Å²) in [6.07, 6.45) is 4.17. The number of anilines is 3. The van der Waals surface area contributed by atoms with Gasteiger partial charge in [-0.3, -0.25) is 0 Å². The highest BCUT2D eigenvalue weighted by atomic mass is 16.5. The van der Waals surface area contributed by atoms with Crippen LogP contribution < -0.4 is 21.1 Å². The third kappa shape index (κ3) is 4.10. The van der Waals surface area contributed by atoms with Crippen molar-refractivity contribution in [3.63, 3.8) is 0 Å². The summed E-state index contributed by atoms with van der Waals surface area (Å²) < 4.78 is 6.03. The number of ether oxygens (including phenoxy) is 1. The lowest BCUT2D eigenvalue weighted by Crippen LogP contribution is -2.19. The lowest BCUT2D eigenvalue weighted by atomic mass is 10.1. The average Bonchev–Trinajstić information content (AvgIpc) is 3.23. The van der Waals surface area contributed by atoms with Crippen molar-refractivity contribution in [2.24, 2.45) is 0 Å². The molecule has 1 unspecified atom stereocenters. The number of aromatic nitrogens is 2. The van der Waals surface area contributed by atoms with Crippen LogP contribution in [0.25, 0.3) is 11.4 Å². The predicted octanol–water partition coefficient (Wildman–Crippen LogP) is 3.21. The van der Waals surface area contributed by atoms with E-state index in [-0.39, 0.29) is 6.10 Å². The minimum atomic E-state index is 0.206. The first kappa shape index (κ1) is 17.9. The smallest absolute Gasteiger partial charge is 0.161 e. The lowest BCUT2D eigenvalue weighted by molar-refractivity contribution is 0.223. The highest BCUT2D eigenvalue weighted by Crippen LogP contribution is 2.25. The van der Waals surface area contributed by atoms with Gasteiger partial charge >= 0.3 is 0 Å². The molecule has 142 valence electrons. The fourth-order valence-electron chi connectivity index (χ4n) is 3.12. The third-order valence-electron chi connectivity index (χ3n) is 4.58. The zero-order valence-electron chi connectivity index (χ0n) is 15.4. The molecule has 1 fully saturated rings. The SMILES string of the molecule is N=Cc1cc(Nc2ccnc(-c3cccc(OC4CCNC4)c3)n2)ccc1N. The summed E-state index contributed by atoms with van der Waals surface area (Å²) in [6, 6.07) is 15.1. The van der Waals surface area contributed by atoms with Crippen LogP contribution in [0, 0.1) is 5.41 Å². The van der Waals surface area contributed by atoms with Crippen molar-refractivity contribution < 1.29 is 4.74 Å². The zero-order chi connectivity index (χ0) is 19.3. The van der Waals surface area contributed by atoms with E-state index >= 15 is 0 Å². The topological polar surface area (TPSA) is 109 Å². The molecule has 28 heavy (non-hydrogen) atoms. The van der Waals surface area contributed by atoms with Crippen LogP contribution in [-0.4, -0.2) is 35.4 Å². The summed E-state index contributed by atoms with van der Waals surface area (Å²) in [4.78, 5) is 9.01. The largest absolute Gasteiger partial charge is 0.489 e. The minimum Gasteiger partial charge on any atom is -0.489 e. The van der Waals surface area contributed by atoms with Crippen molar-refractivity contribution in [1.29, 1.82) is 5.41 Å². The quantitative estimate of drug-likeness (QED) is 0.390. The van der Waals surface area contributed by atoms with Crippen molar-refractivity contribution >= 4 is 23.4 Å². The van der Waals surface area contributed by atoms with Gasteiger partial charge < -0.3 is 26.5 Å². The summed E-state index contributed by atoms with van der Waals surface area (Å²) in [6.45, 7) is 1.87. The van der Waals surface area contributed by atoms with E-state index in [4.69, 9.17) is 15.9 Å². The van der Waals surface area contributed by atoms with Gasteiger partial charge in [0.05, 0.1) is 0 Å². The van der Waals surface area contributed by atoms with Crippen LogP contribution in [0.1, 0.15) is 12.0 Å². The molecule has 0 saturated carbocycles. The number of nitrogens with one attached hydrogen (secondary N) is 3. The first-order valence-electron chi connectivity index (χ1n) is 9.19. The van der Waals surface area contributed by atoms with Crippen LogP contribution in [0.3, 0.4) is 0 Å². The van der Waals surface area contributed by atoms with Crippen LogP contribution in [0.4, 0.5) is 17.2 Å². The molecule has 1 aromatic heterocycles. The molecule has 0 amide bonds. The number of rotatable bonds is 6. The molecule has 7 nitrogen and oxygen atoms in total. The van der Waals surface area contributed by atoms with Gasteiger partial charge in [0.1, 0.15) is 17.7 Å². The maximum atomic E-state index is 7.43. The molecule has 0 aliphatic carbocycles. The number of hydrogen-bond acceptors (Lipinski definition) is 7.